The number of benzene rings is 3. The molecule has 0 radical (unpaired) electrons. The Morgan fingerprint density at radius 2 is 1.37 bits per heavy atom. The zero-order valence-electron chi connectivity index (χ0n) is 16.7. The summed E-state index contributed by atoms with van der Waals surface area (Å²) in [6.07, 6.45) is 0.429. The Morgan fingerprint density at radius 1 is 0.800 bits per heavy atom. The van der Waals surface area contributed by atoms with E-state index in [9.17, 15) is 14.4 Å². The van der Waals surface area contributed by atoms with E-state index in [4.69, 9.17) is 4.74 Å². The van der Waals surface area contributed by atoms with Crippen LogP contribution in [0.5, 0.6) is 5.75 Å². The van der Waals surface area contributed by atoms with Gasteiger partial charge in [-0.05, 0) is 43.2 Å². The molecule has 0 saturated heterocycles. The normalized spacial score (nSPS) is 11.4. The van der Waals surface area contributed by atoms with Crippen molar-refractivity contribution in [3.8, 4) is 5.75 Å². The third-order valence-electron chi connectivity index (χ3n) is 4.63. The molecular formula is C25H23NO4. The third-order valence-corrected chi connectivity index (χ3v) is 4.63. The quantitative estimate of drug-likeness (QED) is 0.556. The first-order valence-corrected chi connectivity index (χ1v) is 9.69. The molecule has 1 N–H and O–H groups in total. The number of amides is 1. The minimum Gasteiger partial charge on any atom is -0.484 e. The molecule has 0 aromatic heterocycles. The van der Waals surface area contributed by atoms with Crippen LogP contribution >= 0.6 is 0 Å². The Kier molecular flexibility index (Phi) is 7.11. The first kappa shape index (κ1) is 21.0. The van der Waals surface area contributed by atoms with Gasteiger partial charge in [0, 0.05) is 11.1 Å². The molecule has 3 aromatic carbocycles. The van der Waals surface area contributed by atoms with Gasteiger partial charge in [0.1, 0.15) is 5.75 Å². The molecule has 0 fully saturated rings. The van der Waals surface area contributed by atoms with Crippen LogP contribution in [0, 0.1) is 0 Å². The molecule has 1 amide bonds. The molecule has 0 aliphatic carbocycles. The van der Waals surface area contributed by atoms with Crippen LogP contribution in [-0.2, 0) is 16.0 Å². The van der Waals surface area contributed by atoms with Gasteiger partial charge in [-0.15, -0.1) is 0 Å². The minimum absolute atomic E-state index is 0.0786. The fourth-order valence-corrected chi connectivity index (χ4v) is 2.99. The lowest BCUT2D eigenvalue weighted by atomic mass is 10.0. The molecule has 3 rings (SSSR count). The minimum atomic E-state index is -0.602. The van der Waals surface area contributed by atoms with Gasteiger partial charge >= 0.3 is 0 Å². The molecule has 3 aromatic rings. The van der Waals surface area contributed by atoms with Gasteiger partial charge in [-0.3, -0.25) is 14.4 Å². The highest BCUT2D eigenvalue weighted by Gasteiger charge is 2.18. The van der Waals surface area contributed by atoms with Crippen LogP contribution in [0.25, 0.3) is 0 Å². The molecule has 30 heavy (non-hydrogen) atoms. The molecule has 5 nitrogen and oxygen atoms in total. The molecule has 0 aliphatic rings. The summed E-state index contributed by atoms with van der Waals surface area (Å²) in [5.41, 5.74) is 2.12. The Hall–Kier alpha value is -3.73. The first-order chi connectivity index (χ1) is 14.5. The maximum atomic E-state index is 12.4. The van der Waals surface area contributed by atoms with Gasteiger partial charge in [0.15, 0.2) is 18.2 Å². The second-order valence-electron chi connectivity index (χ2n) is 6.93. The Morgan fingerprint density at radius 3 is 1.97 bits per heavy atom. The summed E-state index contributed by atoms with van der Waals surface area (Å²) in [5.74, 6) is -0.103. The van der Waals surface area contributed by atoms with Crippen LogP contribution in [0.15, 0.2) is 84.9 Å². The lowest BCUT2D eigenvalue weighted by Gasteiger charge is -2.16. The maximum Gasteiger partial charge on any atom is 0.258 e. The summed E-state index contributed by atoms with van der Waals surface area (Å²) in [4.78, 5) is 36.5. The summed E-state index contributed by atoms with van der Waals surface area (Å²) in [6.45, 7) is 1.24. The molecule has 0 aliphatic heterocycles. The summed E-state index contributed by atoms with van der Waals surface area (Å²) >= 11 is 0. The lowest BCUT2D eigenvalue weighted by molar-refractivity contribution is -0.128. The number of carbonyl (C=O) groups excluding carboxylic acids is 3. The summed E-state index contributed by atoms with van der Waals surface area (Å²) in [7, 11) is 0. The SMILES string of the molecule is CC(=O)[C@H](Cc1ccccc1)NC(=O)COc1ccc(C(=O)c2ccccc2)cc1. The number of rotatable bonds is 9. The van der Waals surface area contributed by atoms with E-state index in [0.29, 0.717) is 23.3 Å². The van der Waals surface area contributed by atoms with Crippen molar-refractivity contribution >= 4 is 17.5 Å². The number of carbonyl (C=O) groups is 3. The van der Waals surface area contributed by atoms with Crippen LogP contribution in [0.1, 0.15) is 28.4 Å². The van der Waals surface area contributed by atoms with Crippen LogP contribution in [0.3, 0.4) is 0 Å². The average molecular weight is 401 g/mol. The fraction of sp³-hybridized carbons (Fsp3) is 0.160. The van der Waals surface area contributed by atoms with E-state index in [1.165, 1.54) is 6.92 Å². The number of nitrogens with one attached hydrogen (secondary N) is 1. The molecule has 0 unspecified atom stereocenters. The van der Waals surface area contributed by atoms with Gasteiger partial charge < -0.3 is 10.1 Å². The third kappa shape index (κ3) is 5.88. The van der Waals surface area contributed by atoms with Gasteiger partial charge in [-0.25, -0.2) is 0 Å². The Labute approximate surface area is 175 Å². The van der Waals surface area contributed by atoms with Gasteiger partial charge in [-0.2, -0.15) is 0 Å². The van der Waals surface area contributed by atoms with E-state index < -0.39 is 6.04 Å². The van der Waals surface area contributed by atoms with Crippen molar-refractivity contribution in [2.45, 2.75) is 19.4 Å². The largest absolute Gasteiger partial charge is 0.484 e. The maximum absolute atomic E-state index is 12.4. The topological polar surface area (TPSA) is 72.5 Å². The molecule has 0 bridgehead atoms. The molecule has 0 saturated carbocycles. The summed E-state index contributed by atoms with van der Waals surface area (Å²) in [6, 6.07) is 24.5. The average Bonchev–Trinajstić information content (AvgIpc) is 2.78. The van der Waals surface area contributed by atoms with Gasteiger partial charge in [0.05, 0.1) is 6.04 Å². The molecule has 0 spiro atoms. The van der Waals surface area contributed by atoms with Gasteiger partial charge in [0.2, 0.25) is 0 Å². The van der Waals surface area contributed by atoms with E-state index in [1.807, 2.05) is 48.5 Å². The highest BCUT2D eigenvalue weighted by molar-refractivity contribution is 6.09. The fourth-order valence-electron chi connectivity index (χ4n) is 2.99. The predicted molar refractivity (Wildman–Crippen MR) is 115 cm³/mol. The standard InChI is InChI=1S/C25H23NO4/c1-18(27)23(16-19-8-4-2-5-9-19)26-24(28)17-30-22-14-12-21(13-15-22)25(29)20-10-6-3-7-11-20/h2-15,23H,16-17H2,1H3,(H,26,28)/t23-/m0/s1. The Balaban J connectivity index is 1.53. The number of ketones is 2. The second kappa shape index (κ2) is 10.2. The van der Waals surface area contributed by atoms with Crippen LogP contribution in [0.4, 0.5) is 0 Å². The molecular weight excluding hydrogens is 378 g/mol. The van der Waals surface area contributed by atoms with Crippen molar-refractivity contribution in [1.29, 1.82) is 0 Å². The van der Waals surface area contributed by atoms with Crippen molar-refractivity contribution in [3.05, 3.63) is 102 Å². The van der Waals surface area contributed by atoms with E-state index in [2.05, 4.69) is 5.32 Å². The van der Waals surface area contributed by atoms with Crippen molar-refractivity contribution in [2.75, 3.05) is 6.61 Å². The molecule has 5 heteroatoms. The Bertz CT molecular complexity index is 998. The molecule has 0 heterocycles. The highest BCUT2D eigenvalue weighted by Crippen LogP contribution is 2.15. The van der Waals surface area contributed by atoms with Crippen molar-refractivity contribution < 1.29 is 19.1 Å². The first-order valence-electron chi connectivity index (χ1n) is 9.69. The number of ether oxygens (including phenoxy) is 1. The van der Waals surface area contributed by atoms with Crippen molar-refractivity contribution in [1.82, 2.24) is 5.32 Å². The van der Waals surface area contributed by atoms with Crippen LogP contribution in [0.2, 0.25) is 0 Å². The van der Waals surface area contributed by atoms with E-state index in [0.717, 1.165) is 5.56 Å². The van der Waals surface area contributed by atoms with E-state index >= 15 is 0 Å². The number of hydrogen-bond acceptors (Lipinski definition) is 4. The van der Waals surface area contributed by atoms with Gasteiger partial charge in [0.25, 0.3) is 5.91 Å². The van der Waals surface area contributed by atoms with Crippen LogP contribution in [-0.4, -0.2) is 30.1 Å². The molecule has 152 valence electrons. The smallest absolute Gasteiger partial charge is 0.258 e. The van der Waals surface area contributed by atoms with Crippen molar-refractivity contribution in [3.63, 3.8) is 0 Å². The second-order valence-corrected chi connectivity index (χ2v) is 6.93. The van der Waals surface area contributed by atoms with E-state index in [1.54, 1.807) is 36.4 Å². The summed E-state index contributed by atoms with van der Waals surface area (Å²) in [5, 5.41) is 2.72. The highest BCUT2D eigenvalue weighted by atomic mass is 16.5. The monoisotopic (exact) mass is 401 g/mol. The molecule has 1 atom stereocenters. The lowest BCUT2D eigenvalue weighted by Crippen LogP contribution is -2.43. The van der Waals surface area contributed by atoms with Gasteiger partial charge in [-0.1, -0.05) is 60.7 Å². The number of Topliss-reactive ketones (excluding diaryl/α,β-unsaturated/α-hetero) is 1. The van der Waals surface area contributed by atoms with Crippen molar-refractivity contribution in [2.24, 2.45) is 0 Å². The van der Waals surface area contributed by atoms with E-state index in [-0.39, 0.29) is 24.1 Å². The number of hydrogen-bond donors (Lipinski definition) is 1. The van der Waals surface area contributed by atoms with Crippen LogP contribution < -0.4 is 10.1 Å². The zero-order chi connectivity index (χ0) is 21.3. The summed E-state index contributed by atoms with van der Waals surface area (Å²) < 4.78 is 5.50. The zero-order valence-corrected chi connectivity index (χ0v) is 16.7. The predicted octanol–water partition coefficient (Wildman–Crippen LogP) is 3.61.